The molecule has 10 heteroatoms. The Morgan fingerprint density at radius 1 is 1.05 bits per heavy atom. The maximum Gasteiger partial charge on any atom is 0.264 e. The van der Waals surface area contributed by atoms with E-state index in [-0.39, 0.29) is 16.7 Å². The van der Waals surface area contributed by atoms with Gasteiger partial charge >= 0.3 is 0 Å². The third kappa shape index (κ3) is 7.19. The summed E-state index contributed by atoms with van der Waals surface area (Å²) in [7, 11) is -4.35. The summed E-state index contributed by atoms with van der Waals surface area (Å²) in [5.74, 6) is -0.830. The lowest BCUT2D eigenvalue weighted by molar-refractivity contribution is -0.138. The van der Waals surface area contributed by atoms with Crippen LogP contribution in [0.15, 0.2) is 71.6 Å². The second-order valence-corrected chi connectivity index (χ2v) is 12.4. The Bertz CT molecular complexity index is 1450. The molecular formula is C31H35ClF2N2O4S. The van der Waals surface area contributed by atoms with Gasteiger partial charge in [0.2, 0.25) is 5.91 Å². The molecule has 0 aromatic heterocycles. The molecule has 1 unspecified atom stereocenters. The first-order valence-corrected chi connectivity index (χ1v) is 15.7. The highest BCUT2D eigenvalue weighted by atomic mass is 35.5. The lowest BCUT2D eigenvalue weighted by Crippen LogP contribution is -2.39. The van der Waals surface area contributed by atoms with Crippen molar-refractivity contribution in [1.29, 1.82) is 0 Å². The topological polar surface area (TPSA) is 66.9 Å². The number of sulfonamides is 1. The van der Waals surface area contributed by atoms with Gasteiger partial charge in [0.15, 0.2) is 0 Å². The Morgan fingerprint density at radius 2 is 1.76 bits per heavy atom. The van der Waals surface area contributed by atoms with Gasteiger partial charge in [0, 0.05) is 35.7 Å². The van der Waals surface area contributed by atoms with E-state index in [0.717, 1.165) is 48.2 Å². The van der Waals surface area contributed by atoms with Gasteiger partial charge in [-0.2, -0.15) is 0 Å². The minimum absolute atomic E-state index is 0.118. The van der Waals surface area contributed by atoms with Gasteiger partial charge in [0.05, 0.1) is 23.2 Å². The molecule has 1 aliphatic rings. The van der Waals surface area contributed by atoms with Gasteiger partial charge in [-0.05, 0) is 82.0 Å². The standard InChI is InChI=1S/C31H35ClF2N2O4S/c1-3-35(31(37)23-9-8-10-23)19-6-7-20-40-30-12-5-4-11-27(30)22(2)36(29-21-25(33)15-18-28(29)34)41(38,39)26-16-13-24(32)14-17-26/h4-5,11-18,21-23H,3,6-10,19-20H2,1-2H3. The molecule has 1 saturated carbocycles. The van der Waals surface area contributed by atoms with Gasteiger partial charge in [-0.15, -0.1) is 0 Å². The molecule has 0 N–H and O–H groups in total. The van der Waals surface area contributed by atoms with Gasteiger partial charge in [0.1, 0.15) is 17.4 Å². The maximum absolute atomic E-state index is 15.1. The number of rotatable bonds is 13. The first kappa shape index (κ1) is 30.8. The molecule has 0 bridgehead atoms. The van der Waals surface area contributed by atoms with E-state index in [1.807, 2.05) is 11.8 Å². The Kier molecular flexibility index (Phi) is 10.3. The van der Waals surface area contributed by atoms with Crippen LogP contribution in [0.4, 0.5) is 14.5 Å². The number of carbonyl (C=O) groups excluding carboxylic acids is 1. The number of carbonyl (C=O) groups is 1. The Balaban J connectivity index is 1.54. The third-order valence-corrected chi connectivity index (χ3v) is 9.62. The predicted molar refractivity (Wildman–Crippen MR) is 157 cm³/mol. The predicted octanol–water partition coefficient (Wildman–Crippen LogP) is 7.38. The highest BCUT2D eigenvalue weighted by molar-refractivity contribution is 7.92. The normalized spacial score (nSPS) is 14.3. The number of nitrogens with zero attached hydrogens (tertiary/aromatic N) is 2. The van der Waals surface area contributed by atoms with Crippen LogP contribution in [0.2, 0.25) is 5.02 Å². The summed E-state index contributed by atoms with van der Waals surface area (Å²) in [4.78, 5) is 14.3. The SMILES string of the molecule is CCN(CCCCOc1ccccc1C(C)N(c1cc(F)ccc1F)S(=O)(=O)c1ccc(Cl)cc1)C(=O)C1CCC1. The van der Waals surface area contributed by atoms with Crippen molar-refractivity contribution in [1.82, 2.24) is 4.90 Å². The molecule has 4 rings (SSSR count). The van der Waals surface area contributed by atoms with Crippen molar-refractivity contribution in [2.24, 2.45) is 5.92 Å². The molecule has 0 radical (unpaired) electrons. The number of halogens is 3. The van der Waals surface area contributed by atoms with Crippen molar-refractivity contribution in [3.63, 3.8) is 0 Å². The molecule has 1 fully saturated rings. The van der Waals surface area contributed by atoms with E-state index >= 15 is 4.39 Å². The average molecular weight is 605 g/mol. The number of hydrogen-bond donors (Lipinski definition) is 0. The van der Waals surface area contributed by atoms with Gasteiger partial charge in [0.25, 0.3) is 10.0 Å². The molecule has 0 aliphatic heterocycles. The van der Waals surface area contributed by atoms with Crippen LogP contribution in [0, 0.1) is 17.6 Å². The van der Waals surface area contributed by atoms with Crippen LogP contribution in [0.1, 0.15) is 57.6 Å². The highest BCUT2D eigenvalue weighted by Gasteiger charge is 2.34. The van der Waals surface area contributed by atoms with Crippen LogP contribution >= 0.6 is 11.6 Å². The zero-order valence-corrected chi connectivity index (χ0v) is 24.8. The van der Waals surface area contributed by atoms with E-state index in [1.165, 1.54) is 24.3 Å². The fourth-order valence-corrected chi connectivity index (χ4v) is 6.69. The number of anilines is 1. The molecule has 1 aliphatic carbocycles. The summed E-state index contributed by atoms with van der Waals surface area (Å²) in [5, 5.41) is 0.341. The number of para-hydroxylation sites is 1. The molecular weight excluding hydrogens is 570 g/mol. The summed E-state index contributed by atoms with van der Waals surface area (Å²) in [6.45, 7) is 5.25. The smallest absolute Gasteiger partial charge is 0.264 e. The first-order chi connectivity index (χ1) is 19.6. The van der Waals surface area contributed by atoms with Crippen LogP contribution in [-0.4, -0.2) is 38.9 Å². The summed E-state index contributed by atoms with van der Waals surface area (Å²) in [5.41, 5.74) is 0.0714. The highest BCUT2D eigenvalue weighted by Crippen LogP contribution is 2.38. The number of ether oxygens (including phenoxy) is 1. The van der Waals surface area contributed by atoms with Crippen LogP contribution < -0.4 is 9.04 Å². The fraction of sp³-hybridized carbons (Fsp3) is 0.387. The average Bonchev–Trinajstić information content (AvgIpc) is 2.92. The van der Waals surface area contributed by atoms with Crippen molar-refractivity contribution in [3.05, 3.63) is 89.0 Å². The van der Waals surface area contributed by atoms with Crippen LogP contribution in [-0.2, 0) is 14.8 Å². The van der Waals surface area contributed by atoms with E-state index in [2.05, 4.69) is 0 Å². The molecule has 0 spiro atoms. The third-order valence-electron chi connectivity index (χ3n) is 7.46. The van der Waals surface area contributed by atoms with E-state index in [0.29, 0.717) is 42.5 Å². The molecule has 3 aromatic rings. The molecule has 6 nitrogen and oxygen atoms in total. The zero-order chi connectivity index (χ0) is 29.6. The summed E-state index contributed by atoms with van der Waals surface area (Å²) in [6.07, 6.45) is 4.50. The second kappa shape index (κ2) is 13.7. The maximum atomic E-state index is 15.1. The number of unbranched alkanes of at least 4 members (excludes halogenated alkanes) is 1. The molecule has 0 saturated heterocycles. The minimum atomic E-state index is -4.35. The van der Waals surface area contributed by atoms with Crippen molar-refractivity contribution in [3.8, 4) is 5.75 Å². The molecule has 1 amide bonds. The Morgan fingerprint density at radius 3 is 2.41 bits per heavy atom. The quantitative estimate of drug-likeness (QED) is 0.191. The minimum Gasteiger partial charge on any atom is -0.493 e. The van der Waals surface area contributed by atoms with Crippen molar-refractivity contribution in [2.45, 2.75) is 56.9 Å². The van der Waals surface area contributed by atoms with Gasteiger partial charge in [-0.25, -0.2) is 17.2 Å². The summed E-state index contributed by atoms with van der Waals surface area (Å²) in [6, 6.07) is 14.2. The van der Waals surface area contributed by atoms with Gasteiger partial charge in [-0.1, -0.05) is 36.2 Å². The molecule has 0 heterocycles. The van der Waals surface area contributed by atoms with Crippen molar-refractivity contribution in [2.75, 3.05) is 24.0 Å². The van der Waals surface area contributed by atoms with Crippen LogP contribution in [0.25, 0.3) is 0 Å². The Labute approximate surface area is 245 Å². The molecule has 220 valence electrons. The van der Waals surface area contributed by atoms with E-state index in [1.54, 1.807) is 31.2 Å². The van der Waals surface area contributed by atoms with Crippen molar-refractivity contribution < 1.29 is 26.7 Å². The van der Waals surface area contributed by atoms with Crippen LogP contribution in [0.3, 0.4) is 0 Å². The Hall–Kier alpha value is -3.17. The first-order valence-electron chi connectivity index (χ1n) is 13.9. The second-order valence-electron chi connectivity index (χ2n) is 10.2. The van der Waals surface area contributed by atoms with E-state index < -0.39 is 33.4 Å². The fourth-order valence-electron chi connectivity index (χ4n) is 4.93. The summed E-state index contributed by atoms with van der Waals surface area (Å²) >= 11 is 5.96. The van der Waals surface area contributed by atoms with Gasteiger partial charge < -0.3 is 9.64 Å². The number of benzene rings is 3. The number of hydrogen-bond acceptors (Lipinski definition) is 4. The number of amides is 1. The largest absolute Gasteiger partial charge is 0.493 e. The van der Waals surface area contributed by atoms with Crippen molar-refractivity contribution >= 4 is 33.2 Å². The molecule has 3 aromatic carbocycles. The summed E-state index contributed by atoms with van der Waals surface area (Å²) < 4.78 is 64.1. The van der Waals surface area contributed by atoms with E-state index in [9.17, 15) is 17.6 Å². The zero-order valence-electron chi connectivity index (χ0n) is 23.2. The van der Waals surface area contributed by atoms with Gasteiger partial charge in [-0.3, -0.25) is 9.10 Å². The lowest BCUT2D eigenvalue weighted by atomic mass is 9.84. The molecule has 41 heavy (non-hydrogen) atoms. The lowest BCUT2D eigenvalue weighted by Gasteiger charge is -2.32. The molecule has 1 atom stereocenters. The van der Waals surface area contributed by atoms with Crippen LogP contribution in [0.5, 0.6) is 5.75 Å². The van der Waals surface area contributed by atoms with E-state index in [4.69, 9.17) is 16.3 Å². The monoisotopic (exact) mass is 604 g/mol.